The summed E-state index contributed by atoms with van der Waals surface area (Å²) in [5.74, 6) is -4.71. The standard InChI is InChI=1S/C29H32F3N3O4S/c1-29(2,3)40(39)33-25(13-16-12-23(31)24(32)14-22(16)30)17-10-18-8-9-19(11-17)35(18)26(36)15-34-27(37)20-6-4-5-7-21(20)28(34)38/h4-7,12,14,17-19,25,33H,8-11,13,15H2,1-3H3/t17-,18-,19+,25-,40+/m1/s1. The van der Waals surface area contributed by atoms with E-state index < -0.39 is 51.4 Å². The Morgan fingerprint density at radius 1 is 1.00 bits per heavy atom. The van der Waals surface area contributed by atoms with E-state index in [2.05, 4.69) is 4.72 Å². The monoisotopic (exact) mass is 575 g/mol. The molecule has 3 amide bonds. The summed E-state index contributed by atoms with van der Waals surface area (Å²) in [6.07, 6.45) is 2.49. The molecule has 3 heterocycles. The van der Waals surface area contributed by atoms with Crippen molar-refractivity contribution in [2.75, 3.05) is 6.54 Å². The van der Waals surface area contributed by atoms with Crippen molar-refractivity contribution in [2.45, 2.75) is 75.7 Å². The van der Waals surface area contributed by atoms with Gasteiger partial charge in [-0.05, 0) is 82.6 Å². The number of amides is 3. The molecule has 5 atom stereocenters. The molecule has 0 aliphatic carbocycles. The number of hydrogen-bond acceptors (Lipinski definition) is 5. The fraction of sp³-hybridized carbons (Fsp3) is 0.483. The van der Waals surface area contributed by atoms with Crippen LogP contribution in [0.15, 0.2) is 36.4 Å². The number of carbonyl (C=O) groups excluding carboxylic acids is 3. The van der Waals surface area contributed by atoms with E-state index >= 15 is 0 Å². The van der Waals surface area contributed by atoms with Crippen LogP contribution in [0, 0.1) is 23.4 Å². The van der Waals surface area contributed by atoms with E-state index in [-0.39, 0.29) is 53.6 Å². The molecule has 0 radical (unpaired) electrons. The molecule has 2 bridgehead atoms. The van der Waals surface area contributed by atoms with E-state index in [1.54, 1.807) is 49.9 Å². The Morgan fingerprint density at radius 2 is 1.55 bits per heavy atom. The van der Waals surface area contributed by atoms with Gasteiger partial charge in [-0.1, -0.05) is 12.1 Å². The Morgan fingerprint density at radius 3 is 2.10 bits per heavy atom. The second-order valence-corrected chi connectivity index (χ2v) is 13.8. The van der Waals surface area contributed by atoms with Gasteiger partial charge in [-0.15, -0.1) is 4.72 Å². The fourth-order valence-corrected chi connectivity index (χ4v) is 7.03. The van der Waals surface area contributed by atoms with Crippen molar-refractivity contribution < 1.29 is 32.1 Å². The third-order valence-electron chi connectivity index (χ3n) is 8.14. The molecule has 0 saturated carbocycles. The molecule has 7 nitrogen and oxygen atoms in total. The van der Waals surface area contributed by atoms with Crippen LogP contribution in [0.4, 0.5) is 13.2 Å². The van der Waals surface area contributed by atoms with Gasteiger partial charge in [-0.3, -0.25) is 19.3 Å². The number of piperidine rings is 1. The van der Waals surface area contributed by atoms with Crippen LogP contribution in [0.2, 0.25) is 0 Å². The summed E-state index contributed by atoms with van der Waals surface area (Å²) >= 11 is -1.51. The number of nitrogens with zero attached hydrogens (tertiary/aromatic N) is 2. The quantitative estimate of drug-likeness (QED) is 0.305. The Labute approximate surface area is 234 Å². The van der Waals surface area contributed by atoms with E-state index in [9.17, 15) is 32.1 Å². The van der Waals surface area contributed by atoms with Gasteiger partial charge < -0.3 is 9.45 Å². The fourth-order valence-electron chi connectivity index (χ4n) is 6.13. The molecule has 3 aliphatic rings. The zero-order valence-corrected chi connectivity index (χ0v) is 23.4. The molecule has 3 aliphatic heterocycles. The molecule has 2 saturated heterocycles. The van der Waals surface area contributed by atoms with Crippen LogP contribution < -0.4 is 4.72 Å². The van der Waals surface area contributed by atoms with Crippen LogP contribution in [0.5, 0.6) is 0 Å². The Hall–Kier alpha value is -2.89. The lowest BCUT2D eigenvalue weighted by Crippen LogP contribution is -2.55. The molecule has 0 unspecified atom stereocenters. The minimum atomic E-state index is -1.51. The van der Waals surface area contributed by atoms with Gasteiger partial charge in [-0.25, -0.2) is 13.2 Å². The Balaban J connectivity index is 1.32. The van der Waals surface area contributed by atoms with E-state index in [0.717, 1.165) is 23.8 Å². The SMILES string of the molecule is CC(C)(C)[S@+]([O-])N[C@H](Cc1cc(F)c(F)cc1F)[C@@H]1C[C@H]2CC[C@@H](C1)N2C(=O)CN1C(=O)c2ccccc2C1=O. The van der Waals surface area contributed by atoms with Crippen molar-refractivity contribution in [1.82, 2.24) is 14.5 Å². The summed E-state index contributed by atoms with van der Waals surface area (Å²) in [5.41, 5.74) is 0.554. The number of carbonyl (C=O) groups is 3. The predicted octanol–water partition coefficient (Wildman–Crippen LogP) is 4.13. The molecular formula is C29H32F3N3O4S. The summed E-state index contributed by atoms with van der Waals surface area (Å²) in [4.78, 5) is 41.8. The van der Waals surface area contributed by atoms with Gasteiger partial charge in [0.1, 0.15) is 17.1 Å². The first-order valence-electron chi connectivity index (χ1n) is 13.4. The van der Waals surface area contributed by atoms with Crippen LogP contribution in [-0.2, 0) is 22.6 Å². The molecule has 5 rings (SSSR count). The van der Waals surface area contributed by atoms with Crippen LogP contribution in [0.3, 0.4) is 0 Å². The second kappa shape index (κ2) is 10.8. The highest BCUT2D eigenvalue weighted by molar-refractivity contribution is 7.90. The van der Waals surface area contributed by atoms with Crippen molar-refractivity contribution in [1.29, 1.82) is 0 Å². The maximum Gasteiger partial charge on any atom is 0.262 e. The topological polar surface area (TPSA) is 92.8 Å². The summed E-state index contributed by atoms with van der Waals surface area (Å²) in [6.45, 7) is 5.06. The van der Waals surface area contributed by atoms with Gasteiger partial charge in [0, 0.05) is 29.5 Å². The number of rotatable bonds is 7. The van der Waals surface area contributed by atoms with Crippen LogP contribution in [-0.4, -0.2) is 61.5 Å². The average Bonchev–Trinajstić information content (AvgIpc) is 3.30. The van der Waals surface area contributed by atoms with Crippen LogP contribution in [0.1, 0.15) is 72.7 Å². The molecule has 40 heavy (non-hydrogen) atoms. The van der Waals surface area contributed by atoms with E-state index in [1.165, 1.54) is 0 Å². The zero-order chi connectivity index (χ0) is 28.9. The molecule has 2 aromatic rings. The largest absolute Gasteiger partial charge is 0.598 e. The van der Waals surface area contributed by atoms with E-state index in [1.807, 2.05) is 0 Å². The van der Waals surface area contributed by atoms with Gasteiger partial charge in [0.15, 0.2) is 11.6 Å². The van der Waals surface area contributed by atoms with E-state index in [0.29, 0.717) is 18.9 Å². The summed E-state index contributed by atoms with van der Waals surface area (Å²) in [7, 11) is 0. The maximum atomic E-state index is 14.6. The van der Waals surface area contributed by atoms with Crippen molar-refractivity contribution >= 4 is 29.1 Å². The molecule has 214 valence electrons. The zero-order valence-electron chi connectivity index (χ0n) is 22.6. The number of nitrogens with one attached hydrogen (secondary N) is 1. The maximum absolute atomic E-state index is 14.6. The minimum absolute atomic E-state index is 0.00204. The first-order chi connectivity index (χ1) is 18.8. The van der Waals surface area contributed by atoms with Crippen molar-refractivity contribution in [3.8, 4) is 0 Å². The predicted molar refractivity (Wildman–Crippen MR) is 143 cm³/mol. The third-order valence-corrected chi connectivity index (χ3v) is 9.77. The van der Waals surface area contributed by atoms with Crippen LogP contribution in [0.25, 0.3) is 0 Å². The number of hydrogen-bond donors (Lipinski definition) is 1. The molecule has 1 N–H and O–H groups in total. The number of benzene rings is 2. The number of imide groups is 1. The van der Waals surface area contributed by atoms with Crippen LogP contribution >= 0.6 is 0 Å². The molecule has 11 heteroatoms. The van der Waals surface area contributed by atoms with Gasteiger partial charge in [0.05, 0.1) is 17.2 Å². The highest BCUT2D eigenvalue weighted by atomic mass is 32.2. The minimum Gasteiger partial charge on any atom is -0.598 e. The lowest BCUT2D eigenvalue weighted by molar-refractivity contribution is -0.136. The third kappa shape index (κ3) is 5.38. The second-order valence-electron chi connectivity index (χ2n) is 11.8. The normalized spacial score (nSPS) is 23.9. The molecular weight excluding hydrogens is 543 g/mol. The summed E-state index contributed by atoms with van der Waals surface area (Å²) in [5, 5.41) is 0. The Bertz CT molecular complexity index is 1300. The number of halogens is 3. The lowest BCUT2D eigenvalue weighted by atomic mass is 9.82. The molecule has 2 aromatic carbocycles. The molecule has 0 spiro atoms. The van der Waals surface area contributed by atoms with Gasteiger partial charge in [0.25, 0.3) is 11.8 Å². The number of fused-ring (bicyclic) bond motifs is 3. The van der Waals surface area contributed by atoms with Crippen molar-refractivity contribution in [2.24, 2.45) is 5.92 Å². The van der Waals surface area contributed by atoms with E-state index in [4.69, 9.17) is 0 Å². The van der Waals surface area contributed by atoms with Gasteiger partial charge in [0.2, 0.25) is 5.91 Å². The smallest absolute Gasteiger partial charge is 0.262 e. The highest BCUT2D eigenvalue weighted by Crippen LogP contribution is 2.41. The van der Waals surface area contributed by atoms with Gasteiger partial charge >= 0.3 is 0 Å². The summed E-state index contributed by atoms with van der Waals surface area (Å²) in [6, 6.07) is 6.98. The first-order valence-corrected chi connectivity index (χ1v) is 14.6. The average molecular weight is 576 g/mol. The van der Waals surface area contributed by atoms with Crippen molar-refractivity contribution in [3.05, 3.63) is 70.5 Å². The van der Waals surface area contributed by atoms with Gasteiger partial charge in [-0.2, -0.15) is 0 Å². The highest BCUT2D eigenvalue weighted by Gasteiger charge is 2.48. The summed E-state index contributed by atoms with van der Waals surface area (Å²) < 4.78 is 57.7. The van der Waals surface area contributed by atoms with Crippen molar-refractivity contribution in [3.63, 3.8) is 0 Å². The molecule has 2 fully saturated rings. The Kier molecular flexibility index (Phi) is 7.75. The molecule has 0 aromatic heterocycles. The first kappa shape index (κ1) is 28.6. The lowest BCUT2D eigenvalue weighted by Gasteiger charge is -2.42.